The molecule has 2 aliphatic heterocycles. The Bertz CT molecular complexity index is 755. The molecule has 2 N–H and O–H groups in total. The normalized spacial score (nSPS) is 21.4. The molecule has 0 radical (unpaired) electrons. The largest absolute Gasteiger partial charge is 0.383 e. The number of nitrogens with one attached hydrogen (secondary N) is 2. The predicted octanol–water partition coefficient (Wildman–Crippen LogP) is 1.55. The van der Waals surface area contributed by atoms with Crippen LogP contribution in [0, 0.1) is 5.92 Å². The molecule has 0 spiro atoms. The molecule has 152 valence electrons. The smallest absolute Gasteiger partial charge is 0.256 e. The second-order valence-electron chi connectivity index (χ2n) is 7.48. The van der Waals surface area contributed by atoms with E-state index in [1.807, 2.05) is 32.0 Å². The van der Waals surface area contributed by atoms with Gasteiger partial charge in [0.2, 0.25) is 11.8 Å². The second kappa shape index (κ2) is 8.96. The fourth-order valence-electron chi connectivity index (χ4n) is 3.61. The van der Waals surface area contributed by atoms with Crippen LogP contribution in [-0.2, 0) is 14.3 Å². The van der Waals surface area contributed by atoms with Crippen LogP contribution in [0.2, 0.25) is 0 Å². The summed E-state index contributed by atoms with van der Waals surface area (Å²) < 4.78 is 4.96. The first kappa shape index (κ1) is 20.7. The van der Waals surface area contributed by atoms with Crippen LogP contribution in [-0.4, -0.2) is 60.7 Å². The highest BCUT2D eigenvalue weighted by molar-refractivity contribution is 7.99. The van der Waals surface area contributed by atoms with Crippen LogP contribution >= 0.6 is 11.8 Å². The summed E-state index contributed by atoms with van der Waals surface area (Å²) in [7, 11) is 1.57. The lowest BCUT2D eigenvalue weighted by Crippen LogP contribution is -2.54. The highest BCUT2D eigenvalue weighted by Crippen LogP contribution is 2.48. The summed E-state index contributed by atoms with van der Waals surface area (Å²) in [4.78, 5) is 40.0. The SMILES string of the molecule is COCCNC(=O)[C@H](CC(C)C)NC(=O)[C@@H]1CSC2c3ccccc3C(=O)N21. The van der Waals surface area contributed by atoms with Gasteiger partial charge in [0.15, 0.2) is 0 Å². The van der Waals surface area contributed by atoms with Crippen LogP contribution in [0.3, 0.4) is 0 Å². The first-order valence-electron chi connectivity index (χ1n) is 9.54. The molecule has 3 atom stereocenters. The maximum atomic E-state index is 13.0. The van der Waals surface area contributed by atoms with Crippen molar-refractivity contribution in [2.24, 2.45) is 5.92 Å². The summed E-state index contributed by atoms with van der Waals surface area (Å²) in [6, 6.07) is 6.28. The van der Waals surface area contributed by atoms with E-state index in [0.717, 1.165) is 5.56 Å². The summed E-state index contributed by atoms with van der Waals surface area (Å²) in [6.07, 6.45) is 0.530. The molecular weight excluding hydrogens is 378 g/mol. The highest BCUT2D eigenvalue weighted by atomic mass is 32.2. The van der Waals surface area contributed by atoms with Crippen LogP contribution in [0.1, 0.15) is 41.6 Å². The van der Waals surface area contributed by atoms with E-state index in [-0.39, 0.29) is 29.0 Å². The number of rotatable bonds is 8. The van der Waals surface area contributed by atoms with E-state index in [2.05, 4.69) is 10.6 Å². The van der Waals surface area contributed by atoms with Crippen molar-refractivity contribution < 1.29 is 19.1 Å². The molecule has 0 aromatic heterocycles. The maximum Gasteiger partial charge on any atom is 0.256 e. The van der Waals surface area contributed by atoms with Crippen LogP contribution in [0.25, 0.3) is 0 Å². The Morgan fingerprint density at radius 3 is 2.79 bits per heavy atom. The summed E-state index contributed by atoms with van der Waals surface area (Å²) >= 11 is 1.59. The average Bonchev–Trinajstić information content (AvgIpc) is 3.21. The molecule has 3 rings (SSSR count). The van der Waals surface area contributed by atoms with Gasteiger partial charge >= 0.3 is 0 Å². The number of benzene rings is 1. The minimum absolute atomic E-state index is 0.115. The second-order valence-corrected chi connectivity index (χ2v) is 8.59. The monoisotopic (exact) mass is 405 g/mol. The Hall–Kier alpha value is -2.06. The third-order valence-electron chi connectivity index (χ3n) is 4.94. The number of ether oxygens (including phenoxy) is 1. The average molecular weight is 406 g/mol. The van der Waals surface area contributed by atoms with Crippen molar-refractivity contribution in [3.63, 3.8) is 0 Å². The number of hydrogen-bond donors (Lipinski definition) is 2. The number of nitrogens with zero attached hydrogens (tertiary/aromatic N) is 1. The summed E-state index contributed by atoms with van der Waals surface area (Å²) in [5, 5.41) is 5.54. The lowest BCUT2D eigenvalue weighted by atomic mass is 10.0. The van der Waals surface area contributed by atoms with Gasteiger partial charge in [-0.15, -0.1) is 11.8 Å². The van der Waals surface area contributed by atoms with Gasteiger partial charge < -0.3 is 20.3 Å². The van der Waals surface area contributed by atoms with Gasteiger partial charge in [-0.25, -0.2) is 0 Å². The van der Waals surface area contributed by atoms with E-state index in [9.17, 15) is 14.4 Å². The predicted molar refractivity (Wildman–Crippen MR) is 108 cm³/mol. The zero-order chi connectivity index (χ0) is 20.3. The number of fused-ring (bicyclic) bond motifs is 3. The van der Waals surface area contributed by atoms with Crippen LogP contribution < -0.4 is 10.6 Å². The van der Waals surface area contributed by atoms with E-state index in [1.54, 1.807) is 29.8 Å². The molecule has 0 saturated carbocycles. The minimum atomic E-state index is -0.631. The third kappa shape index (κ3) is 4.17. The van der Waals surface area contributed by atoms with Crippen LogP contribution in [0.4, 0.5) is 0 Å². The quantitative estimate of drug-likeness (QED) is 0.641. The van der Waals surface area contributed by atoms with Crippen molar-refractivity contribution >= 4 is 29.5 Å². The molecule has 2 aliphatic rings. The number of thioether (sulfide) groups is 1. The number of amides is 3. The Balaban J connectivity index is 1.69. The number of carbonyl (C=O) groups excluding carboxylic acids is 3. The molecule has 2 heterocycles. The van der Waals surface area contributed by atoms with Gasteiger partial charge in [-0.05, 0) is 24.0 Å². The highest BCUT2D eigenvalue weighted by Gasteiger charge is 2.48. The summed E-state index contributed by atoms with van der Waals surface area (Å²) in [5.74, 6) is 0.148. The van der Waals surface area contributed by atoms with Gasteiger partial charge in [0.1, 0.15) is 17.5 Å². The molecule has 0 bridgehead atoms. The van der Waals surface area contributed by atoms with Gasteiger partial charge in [-0.2, -0.15) is 0 Å². The molecule has 0 aliphatic carbocycles. The van der Waals surface area contributed by atoms with Gasteiger partial charge in [0.25, 0.3) is 5.91 Å². The maximum absolute atomic E-state index is 13.0. The Morgan fingerprint density at radius 2 is 2.07 bits per heavy atom. The van der Waals surface area contributed by atoms with Crippen molar-refractivity contribution in [3.8, 4) is 0 Å². The Labute approximate surface area is 169 Å². The zero-order valence-corrected chi connectivity index (χ0v) is 17.3. The molecule has 1 fully saturated rings. The molecule has 1 aromatic carbocycles. The number of methoxy groups -OCH3 is 1. The topological polar surface area (TPSA) is 87.7 Å². The summed E-state index contributed by atoms with van der Waals surface area (Å²) in [6.45, 7) is 4.81. The van der Waals surface area contributed by atoms with Gasteiger partial charge in [-0.3, -0.25) is 14.4 Å². The fraction of sp³-hybridized carbons (Fsp3) is 0.550. The Morgan fingerprint density at radius 1 is 1.32 bits per heavy atom. The Kier molecular flexibility index (Phi) is 6.61. The van der Waals surface area contributed by atoms with Crippen molar-refractivity contribution in [3.05, 3.63) is 35.4 Å². The lowest BCUT2D eigenvalue weighted by Gasteiger charge is -2.26. The number of carbonyl (C=O) groups is 3. The van der Waals surface area contributed by atoms with E-state index in [1.165, 1.54) is 0 Å². The van der Waals surface area contributed by atoms with Gasteiger partial charge in [0, 0.05) is 25.0 Å². The zero-order valence-electron chi connectivity index (χ0n) is 16.4. The minimum Gasteiger partial charge on any atom is -0.383 e. The first-order valence-corrected chi connectivity index (χ1v) is 10.6. The molecule has 1 unspecified atom stereocenters. The van der Waals surface area contributed by atoms with Crippen molar-refractivity contribution in [1.82, 2.24) is 15.5 Å². The van der Waals surface area contributed by atoms with E-state index in [0.29, 0.717) is 30.9 Å². The molecule has 28 heavy (non-hydrogen) atoms. The molecular formula is C20H27N3O4S. The molecule has 3 amide bonds. The van der Waals surface area contributed by atoms with E-state index < -0.39 is 12.1 Å². The standard InChI is InChI=1S/C20H27N3O4S/c1-12(2)10-15(17(24)21-8-9-27-3)22-18(25)16-11-28-20-14-7-5-4-6-13(14)19(26)23(16)20/h4-7,12,15-16,20H,8-11H2,1-3H3,(H,21,24)(H,22,25)/t15-,16-,20?/m0/s1. The first-order chi connectivity index (χ1) is 13.4. The van der Waals surface area contributed by atoms with Crippen LogP contribution in [0.15, 0.2) is 24.3 Å². The van der Waals surface area contributed by atoms with Crippen LogP contribution in [0.5, 0.6) is 0 Å². The van der Waals surface area contributed by atoms with E-state index >= 15 is 0 Å². The summed E-state index contributed by atoms with van der Waals surface area (Å²) in [5.41, 5.74) is 1.62. The molecule has 8 heteroatoms. The van der Waals surface area contributed by atoms with Gasteiger partial charge in [-0.1, -0.05) is 32.0 Å². The van der Waals surface area contributed by atoms with Crippen molar-refractivity contribution in [2.45, 2.75) is 37.7 Å². The molecule has 1 saturated heterocycles. The molecule has 7 nitrogen and oxygen atoms in total. The van der Waals surface area contributed by atoms with Crippen molar-refractivity contribution in [1.29, 1.82) is 0 Å². The van der Waals surface area contributed by atoms with Crippen molar-refractivity contribution in [2.75, 3.05) is 26.0 Å². The fourth-order valence-corrected chi connectivity index (χ4v) is 5.08. The lowest BCUT2D eigenvalue weighted by molar-refractivity contribution is -0.131. The number of hydrogen-bond acceptors (Lipinski definition) is 5. The van der Waals surface area contributed by atoms with Gasteiger partial charge in [0.05, 0.1) is 6.61 Å². The van der Waals surface area contributed by atoms with E-state index in [4.69, 9.17) is 4.74 Å². The molecule has 1 aromatic rings. The third-order valence-corrected chi connectivity index (χ3v) is 6.25.